The van der Waals surface area contributed by atoms with E-state index in [0.29, 0.717) is 50.1 Å². The normalized spacial score (nSPS) is 25.5. The van der Waals surface area contributed by atoms with Crippen molar-refractivity contribution in [3.63, 3.8) is 0 Å². The summed E-state index contributed by atoms with van der Waals surface area (Å²) in [5.41, 5.74) is 1.90. The first-order valence-corrected chi connectivity index (χ1v) is 16.0. The third kappa shape index (κ3) is 7.20. The smallest absolute Gasteiger partial charge is 0.241 e. The van der Waals surface area contributed by atoms with Gasteiger partial charge in [0.2, 0.25) is 15.9 Å². The first-order chi connectivity index (χ1) is 18.8. The van der Waals surface area contributed by atoms with Gasteiger partial charge in [0.15, 0.2) is 5.82 Å². The molecule has 2 fully saturated rings. The number of ether oxygens (including phenoxy) is 2. The minimum absolute atomic E-state index is 0.122. The third-order valence-corrected chi connectivity index (χ3v) is 8.90. The Morgan fingerprint density at radius 1 is 1.05 bits per heavy atom. The maximum Gasteiger partial charge on any atom is 0.241 e. The molecule has 0 aliphatic heterocycles. The van der Waals surface area contributed by atoms with Gasteiger partial charge in [-0.3, -0.25) is 0 Å². The zero-order valence-electron chi connectivity index (χ0n) is 22.2. The number of aromatic nitrogens is 2. The molecule has 1 heterocycles. The molecule has 1 N–H and O–H groups in total. The highest BCUT2D eigenvalue weighted by molar-refractivity contribution is 7.88. The van der Waals surface area contributed by atoms with Crippen LogP contribution in [-0.2, 0) is 32.7 Å². The molecule has 2 aliphatic carbocycles. The molecule has 3 aromatic rings. The number of para-hydroxylation sites is 1. The molecule has 0 amide bonds. The van der Waals surface area contributed by atoms with E-state index in [2.05, 4.69) is 45.2 Å². The molecule has 0 bridgehead atoms. The summed E-state index contributed by atoms with van der Waals surface area (Å²) in [4.78, 5) is 4.50. The second kappa shape index (κ2) is 12.4. The maximum atomic E-state index is 11.9. The summed E-state index contributed by atoms with van der Waals surface area (Å²) < 4.78 is 44.5. The average molecular weight is 574 g/mol. The highest BCUT2D eigenvalue weighted by Crippen LogP contribution is 2.43. The van der Waals surface area contributed by atoms with Crippen molar-refractivity contribution < 1.29 is 22.4 Å². The lowest BCUT2D eigenvalue weighted by atomic mass is 9.82. The van der Waals surface area contributed by atoms with Crippen LogP contribution in [0.3, 0.4) is 0 Å². The molecule has 0 radical (unpaired) electrons. The SMILES string of the molecule is CS(=O)(=O)N[C@H]1CC[C@](COC2CCC(c3ccccc3OCc3ccccc3)CC2)(c2noc(CCl)n2)C1. The monoisotopic (exact) mass is 573 g/mol. The molecule has 0 unspecified atom stereocenters. The second-order valence-corrected chi connectivity index (χ2v) is 12.9. The van der Waals surface area contributed by atoms with E-state index in [1.807, 2.05) is 24.3 Å². The molecule has 39 heavy (non-hydrogen) atoms. The first kappa shape index (κ1) is 28.1. The highest BCUT2D eigenvalue weighted by Gasteiger charge is 2.46. The summed E-state index contributed by atoms with van der Waals surface area (Å²) in [6.45, 7) is 0.970. The van der Waals surface area contributed by atoms with Crippen molar-refractivity contribution in [2.75, 3.05) is 12.9 Å². The number of nitrogens with one attached hydrogen (secondary N) is 1. The number of benzene rings is 2. The topological polar surface area (TPSA) is 104 Å². The van der Waals surface area contributed by atoms with Crippen molar-refractivity contribution in [1.29, 1.82) is 0 Å². The summed E-state index contributed by atoms with van der Waals surface area (Å²) in [5.74, 6) is 2.42. The van der Waals surface area contributed by atoms with Gasteiger partial charge in [-0.15, -0.1) is 11.6 Å². The van der Waals surface area contributed by atoms with Crippen molar-refractivity contribution in [2.24, 2.45) is 0 Å². The molecule has 10 heteroatoms. The van der Waals surface area contributed by atoms with E-state index in [4.69, 9.17) is 25.6 Å². The summed E-state index contributed by atoms with van der Waals surface area (Å²) in [6.07, 6.45) is 7.18. The van der Waals surface area contributed by atoms with Gasteiger partial charge in [0.25, 0.3) is 0 Å². The van der Waals surface area contributed by atoms with Gasteiger partial charge in [0, 0.05) is 6.04 Å². The van der Waals surface area contributed by atoms with Crippen LogP contribution in [-0.4, -0.2) is 43.6 Å². The molecule has 5 rings (SSSR count). The molecule has 2 aliphatic rings. The fourth-order valence-electron chi connectivity index (χ4n) is 5.96. The van der Waals surface area contributed by atoms with Crippen LogP contribution in [0.4, 0.5) is 0 Å². The predicted molar refractivity (Wildman–Crippen MR) is 149 cm³/mol. The Morgan fingerprint density at radius 2 is 1.79 bits per heavy atom. The average Bonchev–Trinajstić information content (AvgIpc) is 3.59. The van der Waals surface area contributed by atoms with E-state index in [1.54, 1.807) is 0 Å². The minimum Gasteiger partial charge on any atom is -0.489 e. The first-order valence-electron chi connectivity index (χ1n) is 13.6. The fourth-order valence-corrected chi connectivity index (χ4v) is 6.87. The van der Waals surface area contributed by atoms with Crippen LogP contribution in [0.25, 0.3) is 0 Å². The van der Waals surface area contributed by atoms with E-state index in [1.165, 1.54) is 11.8 Å². The van der Waals surface area contributed by atoms with Crippen LogP contribution in [0.5, 0.6) is 5.75 Å². The van der Waals surface area contributed by atoms with Gasteiger partial charge in [-0.1, -0.05) is 53.7 Å². The highest BCUT2D eigenvalue weighted by atomic mass is 35.5. The fraction of sp³-hybridized carbons (Fsp3) is 0.517. The van der Waals surface area contributed by atoms with Gasteiger partial charge < -0.3 is 14.0 Å². The van der Waals surface area contributed by atoms with Crippen molar-refractivity contribution in [2.45, 2.75) is 80.9 Å². The number of rotatable bonds is 11. The van der Waals surface area contributed by atoms with Crippen molar-refractivity contribution in [1.82, 2.24) is 14.9 Å². The van der Waals surface area contributed by atoms with Crippen LogP contribution in [0.15, 0.2) is 59.1 Å². The van der Waals surface area contributed by atoms with Crippen LogP contribution in [0, 0.1) is 0 Å². The molecule has 210 valence electrons. The molecule has 2 saturated carbocycles. The standard InChI is InChI=1S/C29H36ClN3O5S/c1-39(34,35)33-23-15-16-29(17-23,28-31-27(18-30)38-32-28)20-37-24-13-11-22(12-14-24)25-9-5-6-10-26(25)36-19-21-7-3-2-4-8-21/h2-10,22-24,33H,11-20H2,1H3/t22?,23-,24?,29-/m0/s1. The molecule has 8 nitrogen and oxygen atoms in total. The number of nitrogens with zero attached hydrogens (tertiary/aromatic N) is 2. The number of hydrogen-bond donors (Lipinski definition) is 1. The molecule has 2 atom stereocenters. The summed E-state index contributed by atoms with van der Waals surface area (Å²) >= 11 is 5.91. The van der Waals surface area contributed by atoms with Gasteiger partial charge in [0.05, 0.1) is 24.4 Å². The Balaban J connectivity index is 1.20. The van der Waals surface area contributed by atoms with E-state index in [-0.39, 0.29) is 18.0 Å². The number of hydrogen-bond acceptors (Lipinski definition) is 7. The van der Waals surface area contributed by atoms with Gasteiger partial charge in [-0.25, -0.2) is 13.1 Å². The Hall–Kier alpha value is -2.46. The van der Waals surface area contributed by atoms with E-state index in [0.717, 1.165) is 37.0 Å². The van der Waals surface area contributed by atoms with Crippen LogP contribution >= 0.6 is 11.6 Å². The largest absolute Gasteiger partial charge is 0.489 e. The summed E-state index contributed by atoms with van der Waals surface area (Å²) in [5, 5.41) is 4.19. The zero-order valence-corrected chi connectivity index (χ0v) is 23.8. The van der Waals surface area contributed by atoms with Gasteiger partial charge in [-0.05, 0) is 68.1 Å². The Kier molecular flexibility index (Phi) is 8.91. The lowest BCUT2D eigenvalue weighted by molar-refractivity contribution is -0.00682. The summed E-state index contributed by atoms with van der Waals surface area (Å²) in [6, 6.07) is 18.4. The maximum absolute atomic E-state index is 11.9. The van der Waals surface area contributed by atoms with Crippen LogP contribution in [0.1, 0.15) is 73.7 Å². The predicted octanol–water partition coefficient (Wildman–Crippen LogP) is 5.47. The number of sulfonamides is 1. The van der Waals surface area contributed by atoms with Gasteiger partial charge in [0.1, 0.15) is 18.2 Å². The second-order valence-electron chi connectivity index (χ2n) is 10.9. The lowest BCUT2D eigenvalue weighted by Gasteiger charge is -2.33. The van der Waals surface area contributed by atoms with E-state index in [9.17, 15) is 8.42 Å². The number of halogens is 1. The molecular weight excluding hydrogens is 538 g/mol. The number of alkyl halides is 1. The van der Waals surface area contributed by atoms with Crippen molar-refractivity contribution in [3.05, 3.63) is 77.4 Å². The molecule has 1 aromatic heterocycles. The molecule has 2 aromatic carbocycles. The van der Waals surface area contributed by atoms with E-state index >= 15 is 0 Å². The quantitative estimate of drug-likeness (QED) is 0.303. The zero-order chi connectivity index (χ0) is 27.3. The van der Waals surface area contributed by atoms with Gasteiger partial charge >= 0.3 is 0 Å². The molecular formula is C29H36ClN3O5S. The van der Waals surface area contributed by atoms with Crippen molar-refractivity contribution in [3.8, 4) is 5.75 Å². The molecule has 0 saturated heterocycles. The van der Waals surface area contributed by atoms with Crippen LogP contribution < -0.4 is 9.46 Å². The Morgan fingerprint density at radius 3 is 2.51 bits per heavy atom. The Bertz CT molecular complexity index is 1330. The summed E-state index contributed by atoms with van der Waals surface area (Å²) in [7, 11) is -3.32. The Labute approximate surface area is 235 Å². The van der Waals surface area contributed by atoms with Crippen LogP contribution in [0.2, 0.25) is 0 Å². The third-order valence-electron chi connectivity index (χ3n) is 7.91. The van der Waals surface area contributed by atoms with Crippen molar-refractivity contribution >= 4 is 21.6 Å². The van der Waals surface area contributed by atoms with E-state index < -0.39 is 15.4 Å². The minimum atomic E-state index is -3.32. The van der Waals surface area contributed by atoms with Gasteiger partial charge in [-0.2, -0.15) is 4.98 Å². The lowest BCUT2D eigenvalue weighted by Crippen LogP contribution is -2.38. The molecule has 0 spiro atoms.